The number of halogens is 1. The molecule has 1 aromatic heterocycles. The Morgan fingerprint density at radius 2 is 2.20 bits per heavy atom. The van der Waals surface area contributed by atoms with Crippen molar-refractivity contribution in [2.24, 2.45) is 0 Å². The summed E-state index contributed by atoms with van der Waals surface area (Å²) in [5.41, 5.74) is 3.12. The van der Waals surface area contributed by atoms with Crippen molar-refractivity contribution in [3.05, 3.63) is 47.1 Å². The third kappa shape index (κ3) is 1.88. The van der Waals surface area contributed by atoms with Crippen LogP contribution in [0, 0.1) is 0 Å². The van der Waals surface area contributed by atoms with Crippen LogP contribution in [0.4, 0.5) is 0 Å². The van der Waals surface area contributed by atoms with Gasteiger partial charge >= 0.3 is 0 Å². The number of pyridine rings is 1. The zero-order valence-corrected chi connectivity index (χ0v) is 9.38. The molecule has 0 aliphatic heterocycles. The Labute approximate surface area is 94.4 Å². The average molecular weight is 218 g/mol. The van der Waals surface area contributed by atoms with E-state index >= 15 is 0 Å². The maximum atomic E-state index is 6.10. The zero-order valence-electron chi connectivity index (χ0n) is 8.63. The van der Waals surface area contributed by atoms with Crippen LogP contribution < -0.4 is 0 Å². The summed E-state index contributed by atoms with van der Waals surface area (Å²) in [6, 6.07) is 6.03. The molecule has 0 saturated carbocycles. The van der Waals surface area contributed by atoms with Gasteiger partial charge in [-0.3, -0.25) is 4.98 Å². The molecule has 0 aliphatic rings. The molecule has 0 bridgehead atoms. The molecule has 1 heterocycles. The molecule has 0 unspecified atom stereocenters. The minimum Gasteiger partial charge on any atom is -0.256 e. The number of benzene rings is 1. The van der Waals surface area contributed by atoms with Crippen LogP contribution in [0.25, 0.3) is 17.0 Å². The van der Waals surface area contributed by atoms with Gasteiger partial charge in [0.25, 0.3) is 0 Å². The number of fused-ring (bicyclic) bond motifs is 1. The second-order valence-electron chi connectivity index (χ2n) is 3.47. The van der Waals surface area contributed by atoms with Gasteiger partial charge in [-0.1, -0.05) is 31.2 Å². The van der Waals surface area contributed by atoms with Crippen LogP contribution in [0.5, 0.6) is 0 Å². The fourth-order valence-corrected chi connectivity index (χ4v) is 1.81. The van der Waals surface area contributed by atoms with Gasteiger partial charge < -0.3 is 0 Å². The first-order chi connectivity index (χ1) is 7.24. The summed E-state index contributed by atoms with van der Waals surface area (Å²) in [6.07, 6.45) is 4.64. The molecule has 2 rings (SSSR count). The zero-order chi connectivity index (χ0) is 10.8. The molecular formula is C13H12ClN. The molecule has 0 radical (unpaired) electrons. The Morgan fingerprint density at radius 1 is 1.40 bits per heavy atom. The molecule has 0 N–H and O–H groups in total. The molecule has 1 nitrogen and oxygen atoms in total. The number of nitrogens with zero attached hydrogens (tertiary/aromatic N) is 1. The average Bonchev–Trinajstić information content (AvgIpc) is 2.27. The predicted octanol–water partition coefficient (Wildman–Crippen LogP) is 4.09. The van der Waals surface area contributed by atoms with Gasteiger partial charge in [0, 0.05) is 16.6 Å². The van der Waals surface area contributed by atoms with Gasteiger partial charge in [0.1, 0.15) is 0 Å². The Morgan fingerprint density at radius 3 is 2.87 bits per heavy atom. The molecule has 15 heavy (non-hydrogen) atoms. The number of rotatable bonds is 2. The first-order valence-corrected chi connectivity index (χ1v) is 5.33. The standard InChI is InChI=1S/C13H12ClN/c1-3-9-5-11-6-12(14)10(4-2)7-13(11)15-8-9/h4-8H,2-3H2,1H3. The summed E-state index contributed by atoms with van der Waals surface area (Å²) in [4.78, 5) is 4.40. The maximum Gasteiger partial charge on any atom is 0.0709 e. The normalized spacial score (nSPS) is 10.5. The smallest absolute Gasteiger partial charge is 0.0709 e. The Kier molecular flexibility index (Phi) is 2.74. The lowest BCUT2D eigenvalue weighted by Gasteiger charge is -2.03. The minimum absolute atomic E-state index is 0.729. The van der Waals surface area contributed by atoms with Gasteiger partial charge in [-0.15, -0.1) is 0 Å². The van der Waals surface area contributed by atoms with E-state index in [1.165, 1.54) is 5.56 Å². The van der Waals surface area contributed by atoms with Gasteiger partial charge in [0.15, 0.2) is 0 Å². The molecule has 0 amide bonds. The second-order valence-corrected chi connectivity index (χ2v) is 3.87. The predicted molar refractivity (Wildman–Crippen MR) is 66.2 cm³/mol. The van der Waals surface area contributed by atoms with Crippen LogP contribution in [-0.2, 0) is 6.42 Å². The molecule has 2 aromatic rings. The van der Waals surface area contributed by atoms with Crippen molar-refractivity contribution in [1.82, 2.24) is 4.98 Å². The highest BCUT2D eigenvalue weighted by Crippen LogP contribution is 2.24. The van der Waals surface area contributed by atoms with Crippen molar-refractivity contribution in [3.8, 4) is 0 Å². The Hall–Kier alpha value is -1.34. The monoisotopic (exact) mass is 217 g/mol. The summed E-state index contributed by atoms with van der Waals surface area (Å²) in [6.45, 7) is 5.83. The highest BCUT2D eigenvalue weighted by Gasteiger charge is 2.02. The van der Waals surface area contributed by atoms with Crippen molar-refractivity contribution in [2.75, 3.05) is 0 Å². The molecule has 0 spiro atoms. The summed E-state index contributed by atoms with van der Waals surface area (Å²) < 4.78 is 0. The number of hydrogen-bond donors (Lipinski definition) is 0. The molecule has 0 fully saturated rings. The van der Waals surface area contributed by atoms with Crippen molar-refractivity contribution >= 4 is 28.6 Å². The summed E-state index contributed by atoms with van der Waals surface area (Å²) >= 11 is 6.10. The van der Waals surface area contributed by atoms with Crippen LogP contribution in [0.1, 0.15) is 18.1 Å². The summed E-state index contributed by atoms with van der Waals surface area (Å²) in [7, 11) is 0. The SMILES string of the molecule is C=Cc1cc2ncc(CC)cc2cc1Cl. The van der Waals surface area contributed by atoms with Crippen molar-refractivity contribution in [1.29, 1.82) is 0 Å². The van der Waals surface area contributed by atoms with Crippen LogP contribution in [0.15, 0.2) is 31.0 Å². The third-order valence-corrected chi connectivity index (χ3v) is 2.81. The van der Waals surface area contributed by atoms with E-state index in [0.29, 0.717) is 0 Å². The largest absolute Gasteiger partial charge is 0.256 e. The lowest BCUT2D eigenvalue weighted by Crippen LogP contribution is -1.86. The van der Waals surface area contributed by atoms with Crippen molar-refractivity contribution < 1.29 is 0 Å². The molecule has 1 aromatic carbocycles. The van der Waals surface area contributed by atoms with E-state index in [4.69, 9.17) is 11.6 Å². The lowest BCUT2D eigenvalue weighted by atomic mass is 10.1. The van der Waals surface area contributed by atoms with Crippen LogP contribution in [0.3, 0.4) is 0 Å². The van der Waals surface area contributed by atoms with Crippen LogP contribution >= 0.6 is 11.6 Å². The van der Waals surface area contributed by atoms with Crippen LogP contribution in [0.2, 0.25) is 5.02 Å². The fourth-order valence-electron chi connectivity index (χ4n) is 1.56. The molecular weight excluding hydrogens is 206 g/mol. The molecule has 2 heteroatoms. The molecule has 0 atom stereocenters. The fraction of sp³-hybridized carbons (Fsp3) is 0.154. The Bertz CT molecular complexity index is 517. The second kappa shape index (κ2) is 4.03. The summed E-state index contributed by atoms with van der Waals surface area (Å²) in [5, 5.41) is 1.82. The van der Waals surface area contributed by atoms with E-state index < -0.39 is 0 Å². The van der Waals surface area contributed by atoms with E-state index in [1.54, 1.807) is 6.08 Å². The lowest BCUT2D eigenvalue weighted by molar-refractivity contribution is 1.12. The number of aromatic nitrogens is 1. The quantitative estimate of drug-likeness (QED) is 0.738. The summed E-state index contributed by atoms with van der Waals surface area (Å²) in [5.74, 6) is 0. The van der Waals surface area contributed by atoms with Gasteiger partial charge in [0.2, 0.25) is 0 Å². The van der Waals surface area contributed by atoms with Gasteiger partial charge in [0.05, 0.1) is 5.52 Å². The Balaban J connectivity index is 2.70. The van der Waals surface area contributed by atoms with Crippen molar-refractivity contribution in [3.63, 3.8) is 0 Å². The van der Waals surface area contributed by atoms with E-state index in [9.17, 15) is 0 Å². The van der Waals surface area contributed by atoms with E-state index in [0.717, 1.165) is 27.9 Å². The number of hydrogen-bond acceptors (Lipinski definition) is 1. The minimum atomic E-state index is 0.729. The van der Waals surface area contributed by atoms with Gasteiger partial charge in [-0.05, 0) is 35.7 Å². The topological polar surface area (TPSA) is 12.9 Å². The highest BCUT2D eigenvalue weighted by atomic mass is 35.5. The van der Waals surface area contributed by atoms with Gasteiger partial charge in [-0.2, -0.15) is 0 Å². The highest BCUT2D eigenvalue weighted by molar-refractivity contribution is 6.32. The molecule has 0 aliphatic carbocycles. The van der Waals surface area contributed by atoms with E-state index in [1.807, 2.05) is 18.3 Å². The van der Waals surface area contributed by atoms with E-state index in [2.05, 4.69) is 24.6 Å². The van der Waals surface area contributed by atoms with Crippen LogP contribution in [-0.4, -0.2) is 4.98 Å². The number of aryl methyl sites for hydroxylation is 1. The first-order valence-electron chi connectivity index (χ1n) is 4.95. The third-order valence-electron chi connectivity index (χ3n) is 2.48. The first kappa shape index (κ1) is 10.2. The molecule has 76 valence electrons. The van der Waals surface area contributed by atoms with Gasteiger partial charge in [-0.25, -0.2) is 0 Å². The maximum absolute atomic E-state index is 6.10. The van der Waals surface area contributed by atoms with E-state index in [-0.39, 0.29) is 0 Å². The van der Waals surface area contributed by atoms with Crippen molar-refractivity contribution in [2.45, 2.75) is 13.3 Å². The molecule has 0 saturated heterocycles.